The van der Waals surface area contributed by atoms with E-state index in [4.69, 9.17) is 0 Å². The number of anilines is 1. The Bertz CT molecular complexity index is 447. The standard InChI is InChI=1S/C15H25N3O/c1-5-13-9-18(7-6-17(13)4)15-14(10-19)11(2)8-12(3)16-15/h8,13,19H,5-7,9-10H2,1-4H3. The average Bonchev–Trinajstić information content (AvgIpc) is 2.38. The third-order valence-electron chi connectivity index (χ3n) is 4.16. The van der Waals surface area contributed by atoms with E-state index in [-0.39, 0.29) is 6.61 Å². The van der Waals surface area contributed by atoms with Crippen molar-refractivity contribution in [3.8, 4) is 0 Å². The van der Waals surface area contributed by atoms with Gasteiger partial charge in [0.15, 0.2) is 0 Å². The minimum Gasteiger partial charge on any atom is -0.392 e. The highest BCUT2D eigenvalue weighted by Gasteiger charge is 2.25. The van der Waals surface area contributed by atoms with Gasteiger partial charge in [-0.25, -0.2) is 4.98 Å². The largest absolute Gasteiger partial charge is 0.392 e. The fraction of sp³-hybridized carbons (Fsp3) is 0.667. The van der Waals surface area contributed by atoms with E-state index in [0.717, 1.165) is 48.7 Å². The Labute approximate surface area is 116 Å². The lowest BCUT2D eigenvalue weighted by Gasteiger charge is -2.40. The van der Waals surface area contributed by atoms with E-state index in [1.165, 1.54) is 0 Å². The summed E-state index contributed by atoms with van der Waals surface area (Å²) in [5, 5.41) is 9.62. The monoisotopic (exact) mass is 263 g/mol. The highest BCUT2D eigenvalue weighted by Crippen LogP contribution is 2.25. The van der Waals surface area contributed by atoms with Gasteiger partial charge in [0.2, 0.25) is 0 Å². The van der Waals surface area contributed by atoms with Crippen molar-refractivity contribution in [2.24, 2.45) is 0 Å². The first kappa shape index (κ1) is 14.3. The molecule has 4 nitrogen and oxygen atoms in total. The van der Waals surface area contributed by atoms with Gasteiger partial charge in [-0.1, -0.05) is 6.92 Å². The van der Waals surface area contributed by atoms with E-state index < -0.39 is 0 Å². The van der Waals surface area contributed by atoms with E-state index in [0.29, 0.717) is 6.04 Å². The molecule has 1 fully saturated rings. The maximum atomic E-state index is 9.62. The molecule has 0 spiro atoms. The Morgan fingerprint density at radius 2 is 2.11 bits per heavy atom. The van der Waals surface area contributed by atoms with Crippen LogP contribution in [0.3, 0.4) is 0 Å². The molecule has 1 atom stereocenters. The van der Waals surface area contributed by atoms with Crippen LogP contribution in [0.25, 0.3) is 0 Å². The Kier molecular flexibility index (Phi) is 4.42. The van der Waals surface area contributed by atoms with Crippen molar-refractivity contribution in [2.45, 2.75) is 39.8 Å². The molecule has 2 heterocycles. The van der Waals surface area contributed by atoms with Crippen molar-refractivity contribution >= 4 is 5.82 Å². The van der Waals surface area contributed by atoms with Crippen molar-refractivity contribution in [2.75, 3.05) is 31.6 Å². The van der Waals surface area contributed by atoms with Gasteiger partial charge in [-0.2, -0.15) is 0 Å². The number of likely N-dealkylation sites (N-methyl/N-ethyl adjacent to an activating group) is 1. The molecule has 0 saturated carbocycles. The van der Waals surface area contributed by atoms with Gasteiger partial charge < -0.3 is 10.0 Å². The van der Waals surface area contributed by atoms with E-state index in [1.807, 2.05) is 13.0 Å². The molecular weight excluding hydrogens is 238 g/mol. The van der Waals surface area contributed by atoms with Gasteiger partial charge in [-0.15, -0.1) is 0 Å². The molecule has 0 aliphatic carbocycles. The van der Waals surface area contributed by atoms with Gasteiger partial charge in [-0.3, -0.25) is 4.90 Å². The van der Waals surface area contributed by atoms with Crippen LogP contribution < -0.4 is 4.90 Å². The average molecular weight is 263 g/mol. The van der Waals surface area contributed by atoms with E-state index >= 15 is 0 Å². The normalized spacial score (nSPS) is 20.9. The van der Waals surface area contributed by atoms with Gasteiger partial charge in [-0.05, 0) is 38.9 Å². The topological polar surface area (TPSA) is 39.6 Å². The van der Waals surface area contributed by atoms with Gasteiger partial charge in [0, 0.05) is 36.9 Å². The van der Waals surface area contributed by atoms with E-state index in [2.05, 4.69) is 35.7 Å². The number of aromatic nitrogens is 1. The molecule has 1 N–H and O–H groups in total. The predicted octanol–water partition coefficient (Wildman–Crippen LogP) is 1.72. The molecule has 0 amide bonds. The maximum Gasteiger partial charge on any atom is 0.134 e. The lowest BCUT2D eigenvalue weighted by atomic mass is 10.1. The number of aliphatic hydroxyl groups excluding tert-OH is 1. The molecule has 4 heteroatoms. The lowest BCUT2D eigenvalue weighted by molar-refractivity contribution is 0.212. The number of aryl methyl sites for hydroxylation is 2. The zero-order chi connectivity index (χ0) is 14.0. The second-order valence-corrected chi connectivity index (χ2v) is 5.53. The molecule has 106 valence electrons. The molecule has 1 aliphatic rings. The van der Waals surface area contributed by atoms with Crippen LogP contribution in [-0.2, 0) is 6.61 Å². The minimum absolute atomic E-state index is 0.0670. The number of hydrogen-bond acceptors (Lipinski definition) is 4. The summed E-state index contributed by atoms with van der Waals surface area (Å²) < 4.78 is 0. The molecule has 2 rings (SSSR count). The summed E-state index contributed by atoms with van der Waals surface area (Å²) in [7, 11) is 2.19. The van der Waals surface area contributed by atoms with Crippen molar-refractivity contribution in [3.05, 3.63) is 22.9 Å². The molecule has 19 heavy (non-hydrogen) atoms. The summed E-state index contributed by atoms with van der Waals surface area (Å²) in [4.78, 5) is 9.42. The van der Waals surface area contributed by atoms with Gasteiger partial charge in [0.1, 0.15) is 5.82 Å². The van der Waals surface area contributed by atoms with Crippen molar-refractivity contribution in [1.82, 2.24) is 9.88 Å². The number of rotatable bonds is 3. The van der Waals surface area contributed by atoms with Gasteiger partial charge in [0.25, 0.3) is 0 Å². The quantitative estimate of drug-likeness (QED) is 0.901. The van der Waals surface area contributed by atoms with Crippen LogP contribution in [0.2, 0.25) is 0 Å². The summed E-state index contributed by atoms with van der Waals surface area (Å²) in [6.07, 6.45) is 1.15. The summed E-state index contributed by atoms with van der Waals surface area (Å²) in [6.45, 7) is 9.40. The molecule has 1 unspecified atom stereocenters. The highest BCUT2D eigenvalue weighted by molar-refractivity contribution is 5.51. The third-order valence-corrected chi connectivity index (χ3v) is 4.16. The van der Waals surface area contributed by atoms with Gasteiger partial charge >= 0.3 is 0 Å². The first-order valence-corrected chi connectivity index (χ1v) is 7.10. The first-order valence-electron chi connectivity index (χ1n) is 7.10. The smallest absolute Gasteiger partial charge is 0.134 e. The second kappa shape index (κ2) is 5.88. The van der Waals surface area contributed by atoms with Crippen LogP contribution in [0.15, 0.2) is 6.07 Å². The number of nitrogens with zero attached hydrogens (tertiary/aromatic N) is 3. The Morgan fingerprint density at radius 1 is 1.37 bits per heavy atom. The molecule has 1 saturated heterocycles. The van der Waals surface area contributed by atoms with Crippen LogP contribution in [-0.4, -0.2) is 47.7 Å². The molecule has 0 radical (unpaired) electrons. The summed E-state index contributed by atoms with van der Waals surface area (Å²) in [6, 6.07) is 2.62. The van der Waals surface area contributed by atoms with Crippen LogP contribution >= 0.6 is 0 Å². The van der Waals surface area contributed by atoms with E-state index in [1.54, 1.807) is 0 Å². The summed E-state index contributed by atoms with van der Waals surface area (Å²) in [5.74, 6) is 0.978. The fourth-order valence-corrected chi connectivity index (χ4v) is 2.88. The van der Waals surface area contributed by atoms with E-state index in [9.17, 15) is 5.11 Å². The zero-order valence-electron chi connectivity index (χ0n) is 12.5. The van der Waals surface area contributed by atoms with Crippen molar-refractivity contribution in [1.29, 1.82) is 0 Å². The Hall–Kier alpha value is -1.13. The lowest BCUT2D eigenvalue weighted by Crippen LogP contribution is -2.51. The first-order chi connectivity index (χ1) is 9.06. The fourth-order valence-electron chi connectivity index (χ4n) is 2.88. The minimum atomic E-state index is 0.0670. The second-order valence-electron chi connectivity index (χ2n) is 5.53. The summed E-state index contributed by atoms with van der Waals surface area (Å²) in [5.41, 5.74) is 3.14. The van der Waals surface area contributed by atoms with Crippen molar-refractivity contribution in [3.63, 3.8) is 0 Å². The Morgan fingerprint density at radius 3 is 2.74 bits per heavy atom. The molecular formula is C15H25N3O. The molecule has 1 aromatic heterocycles. The number of aliphatic hydroxyl groups is 1. The molecule has 0 bridgehead atoms. The molecule has 1 aliphatic heterocycles. The highest BCUT2D eigenvalue weighted by atomic mass is 16.3. The number of pyridine rings is 1. The SMILES string of the molecule is CCC1CN(c2nc(C)cc(C)c2CO)CCN1C. The molecule has 0 aromatic carbocycles. The van der Waals surface area contributed by atoms with Crippen LogP contribution in [0.1, 0.15) is 30.2 Å². The number of piperazine rings is 1. The van der Waals surface area contributed by atoms with Gasteiger partial charge in [0.05, 0.1) is 6.61 Å². The van der Waals surface area contributed by atoms with Crippen LogP contribution in [0, 0.1) is 13.8 Å². The maximum absolute atomic E-state index is 9.62. The molecule has 1 aromatic rings. The number of hydrogen-bond donors (Lipinski definition) is 1. The summed E-state index contributed by atoms with van der Waals surface area (Å²) >= 11 is 0. The van der Waals surface area contributed by atoms with Crippen LogP contribution in [0.5, 0.6) is 0 Å². The third kappa shape index (κ3) is 2.90. The predicted molar refractivity (Wildman–Crippen MR) is 78.6 cm³/mol. The zero-order valence-corrected chi connectivity index (χ0v) is 12.5. The van der Waals surface area contributed by atoms with Crippen LogP contribution in [0.4, 0.5) is 5.82 Å². The Balaban J connectivity index is 2.31. The van der Waals surface area contributed by atoms with Crippen molar-refractivity contribution < 1.29 is 5.11 Å².